The van der Waals surface area contributed by atoms with Crippen molar-refractivity contribution < 1.29 is 19.5 Å². The van der Waals surface area contributed by atoms with E-state index < -0.39 is 17.9 Å². The van der Waals surface area contributed by atoms with E-state index in [2.05, 4.69) is 10.6 Å². The normalized spacial score (nSPS) is 12.1. The Morgan fingerprint density at radius 3 is 2.20 bits per heavy atom. The highest BCUT2D eigenvalue weighted by atomic mass is 16.4. The maximum atomic E-state index is 12.3. The molecule has 0 unspecified atom stereocenters. The number of aryl methyl sites for hydroxylation is 1. The molecule has 1 rings (SSSR count). The van der Waals surface area contributed by atoms with Crippen molar-refractivity contribution in [1.29, 1.82) is 0 Å². The number of carboxylic acid groups (broad SMARTS) is 1. The Balaban J connectivity index is 2.82. The van der Waals surface area contributed by atoms with Crippen molar-refractivity contribution in [2.75, 3.05) is 5.32 Å². The number of hydrogen-bond acceptors (Lipinski definition) is 3. The third-order valence-electron chi connectivity index (χ3n) is 3.67. The van der Waals surface area contributed by atoms with Gasteiger partial charge in [0.2, 0.25) is 5.91 Å². The van der Waals surface area contributed by atoms with Gasteiger partial charge in [0.1, 0.15) is 6.04 Å². The SMILES string of the molecule is Cc1cc(C(=O)N[C@H](CC(C)C)C(=O)O)ccc1NC(=O)CC(C)C. The van der Waals surface area contributed by atoms with Gasteiger partial charge in [0, 0.05) is 17.7 Å². The lowest BCUT2D eigenvalue weighted by Crippen LogP contribution is -2.41. The highest BCUT2D eigenvalue weighted by Crippen LogP contribution is 2.18. The highest BCUT2D eigenvalue weighted by Gasteiger charge is 2.22. The van der Waals surface area contributed by atoms with Crippen LogP contribution in [0.3, 0.4) is 0 Å². The molecule has 6 nitrogen and oxygen atoms in total. The number of carbonyl (C=O) groups excluding carboxylic acids is 2. The first kappa shape index (κ1) is 20.7. The van der Waals surface area contributed by atoms with E-state index in [-0.39, 0.29) is 17.7 Å². The minimum absolute atomic E-state index is 0.0711. The van der Waals surface area contributed by atoms with Gasteiger partial charge in [0.05, 0.1) is 0 Å². The van der Waals surface area contributed by atoms with E-state index in [1.54, 1.807) is 25.1 Å². The van der Waals surface area contributed by atoms with Crippen LogP contribution >= 0.6 is 0 Å². The minimum atomic E-state index is -1.05. The second-order valence-electron chi connectivity index (χ2n) is 7.17. The molecule has 1 aromatic rings. The summed E-state index contributed by atoms with van der Waals surface area (Å²) in [5.41, 5.74) is 1.77. The molecule has 25 heavy (non-hydrogen) atoms. The lowest BCUT2D eigenvalue weighted by Gasteiger charge is -2.17. The molecule has 0 aromatic heterocycles. The fourth-order valence-corrected chi connectivity index (χ4v) is 2.45. The Morgan fingerprint density at radius 2 is 1.72 bits per heavy atom. The van der Waals surface area contributed by atoms with Crippen LogP contribution in [-0.2, 0) is 9.59 Å². The minimum Gasteiger partial charge on any atom is -0.480 e. The molecule has 6 heteroatoms. The lowest BCUT2D eigenvalue weighted by atomic mass is 10.0. The van der Waals surface area contributed by atoms with E-state index in [0.717, 1.165) is 5.56 Å². The quantitative estimate of drug-likeness (QED) is 0.672. The van der Waals surface area contributed by atoms with Crippen LogP contribution in [0, 0.1) is 18.8 Å². The molecule has 0 fully saturated rings. The molecule has 0 heterocycles. The number of aliphatic carboxylic acids is 1. The molecule has 138 valence electrons. The molecule has 0 saturated heterocycles. The number of anilines is 1. The standard InChI is InChI=1S/C19H28N2O4/c1-11(2)8-16(19(24)25)21-18(23)14-6-7-15(13(5)10-14)20-17(22)9-12(3)4/h6-7,10-12,16H,8-9H2,1-5H3,(H,20,22)(H,21,23)(H,24,25)/t16-/m1/s1. The third kappa shape index (κ3) is 6.95. The largest absolute Gasteiger partial charge is 0.480 e. The van der Waals surface area contributed by atoms with Gasteiger partial charge in [-0.25, -0.2) is 4.79 Å². The second kappa shape index (κ2) is 9.20. The first-order valence-electron chi connectivity index (χ1n) is 8.54. The number of nitrogens with one attached hydrogen (secondary N) is 2. The summed E-state index contributed by atoms with van der Waals surface area (Å²) in [4.78, 5) is 35.4. The zero-order valence-corrected chi connectivity index (χ0v) is 15.6. The molecule has 1 aromatic carbocycles. The number of hydrogen-bond donors (Lipinski definition) is 3. The van der Waals surface area contributed by atoms with Crippen molar-refractivity contribution in [3.05, 3.63) is 29.3 Å². The maximum Gasteiger partial charge on any atom is 0.326 e. The van der Waals surface area contributed by atoms with E-state index in [1.807, 2.05) is 27.7 Å². The predicted molar refractivity (Wildman–Crippen MR) is 97.6 cm³/mol. The fraction of sp³-hybridized carbons (Fsp3) is 0.526. The van der Waals surface area contributed by atoms with Crippen LogP contribution < -0.4 is 10.6 Å². The molecular weight excluding hydrogens is 320 g/mol. The Hall–Kier alpha value is -2.37. The lowest BCUT2D eigenvalue weighted by molar-refractivity contribution is -0.139. The Kier molecular flexibility index (Phi) is 7.61. The summed E-state index contributed by atoms with van der Waals surface area (Å²) >= 11 is 0. The van der Waals surface area contributed by atoms with Crippen LogP contribution in [-0.4, -0.2) is 28.9 Å². The van der Waals surface area contributed by atoms with Gasteiger partial charge in [-0.3, -0.25) is 9.59 Å². The number of carboxylic acids is 1. The number of amides is 2. The Morgan fingerprint density at radius 1 is 1.08 bits per heavy atom. The second-order valence-corrected chi connectivity index (χ2v) is 7.17. The molecule has 0 spiro atoms. The summed E-state index contributed by atoms with van der Waals surface area (Å²) in [5, 5.41) is 14.6. The van der Waals surface area contributed by atoms with Gasteiger partial charge < -0.3 is 15.7 Å². The smallest absolute Gasteiger partial charge is 0.326 e. The van der Waals surface area contributed by atoms with Crippen LogP contribution in [0.15, 0.2) is 18.2 Å². The topological polar surface area (TPSA) is 95.5 Å². The molecule has 3 N–H and O–H groups in total. The predicted octanol–water partition coefficient (Wildman–Crippen LogP) is 3.21. The monoisotopic (exact) mass is 348 g/mol. The summed E-state index contributed by atoms with van der Waals surface area (Å²) in [6.07, 6.45) is 0.792. The summed E-state index contributed by atoms with van der Waals surface area (Å²) in [6, 6.07) is 3.98. The van der Waals surface area contributed by atoms with Gasteiger partial charge in [-0.05, 0) is 48.9 Å². The first-order chi connectivity index (χ1) is 11.6. The maximum absolute atomic E-state index is 12.3. The van der Waals surface area contributed by atoms with Crippen molar-refractivity contribution in [3.63, 3.8) is 0 Å². The molecule has 0 bridgehead atoms. The van der Waals surface area contributed by atoms with Gasteiger partial charge in [-0.2, -0.15) is 0 Å². The molecule has 1 atom stereocenters. The van der Waals surface area contributed by atoms with Crippen LogP contribution in [0.1, 0.15) is 56.5 Å². The number of rotatable bonds is 8. The molecule has 0 aliphatic carbocycles. The summed E-state index contributed by atoms with van der Waals surface area (Å²) in [5.74, 6) is -1.13. The van der Waals surface area contributed by atoms with E-state index in [9.17, 15) is 19.5 Å². The van der Waals surface area contributed by atoms with Crippen molar-refractivity contribution in [2.45, 2.75) is 53.5 Å². The average Bonchev–Trinajstić information content (AvgIpc) is 2.47. The summed E-state index contributed by atoms with van der Waals surface area (Å²) in [6.45, 7) is 9.54. The molecular formula is C19H28N2O4. The van der Waals surface area contributed by atoms with Crippen molar-refractivity contribution in [1.82, 2.24) is 5.32 Å². The Labute approximate surface area is 149 Å². The van der Waals surface area contributed by atoms with E-state index in [1.165, 1.54) is 0 Å². The van der Waals surface area contributed by atoms with E-state index >= 15 is 0 Å². The number of carbonyl (C=O) groups is 3. The van der Waals surface area contributed by atoms with Crippen molar-refractivity contribution in [3.8, 4) is 0 Å². The first-order valence-corrected chi connectivity index (χ1v) is 8.54. The highest BCUT2D eigenvalue weighted by molar-refractivity contribution is 5.98. The zero-order valence-electron chi connectivity index (χ0n) is 15.6. The fourth-order valence-electron chi connectivity index (χ4n) is 2.45. The average molecular weight is 348 g/mol. The van der Waals surface area contributed by atoms with Crippen molar-refractivity contribution >= 4 is 23.5 Å². The van der Waals surface area contributed by atoms with Gasteiger partial charge >= 0.3 is 5.97 Å². The zero-order chi connectivity index (χ0) is 19.1. The molecule has 0 saturated carbocycles. The number of benzene rings is 1. The van der Waals surface area contributed by atoms with Gasteiger partial charge in [0.25, 0.3) is 5.91 Å². The summed E-state index contributed by atoms with van der Waals surface area (Å²) < 4.78 is 0. The van der Waals surface area contributed by atoms with Crippen LogP contribution in [0.4, 0.5) is 5.69 Å². The summed E-state index contributed by atoms with van der Waals surface area (Å²) in [7, 11) is 0. The van der Waals surface area contributed by atoms with Crippen LogP contribution in [0.2, 0.25) is 0 Å². The van der Waals surface area contributed by atoms with E-state index in [0.29, 0.717) is 24.1 Å². The van der Waals surface area contributed by atoms with Gasteiger partial charge in [-0.1, -0.05) is 27.7 Å². The van der Waals surface area contributed by atoms with Crippen LogP contribution in [0.25, 0.3) is 0 Å². The van der Waals surface area contributed by atoms with Gasteiger partial charge in [-0.15, -0.1) is 0 Å². The molecule has 0 aliphatic rings. The van der Waals surface area contributed by atoms with E-state index in [4.69, 9.17) is 0 Å². The van der Waals surface area contributed by atoms with Gasteiger partial charge in [0.15, 0.2) is 0 Å². The Bertz CT molecular complexity index is 638. The third-order valence-corrected chi connectivity index (χ3v) is 3.67. The van der Waals surface area contributed by atoms with Crippen LogP contribution in [0.5, 0.6) is 0 Å². The molecule has 0 aliphatic heterocycles. The molecule has 0 radical (unpaired) electrons. The van der Waals surface area contributed by atoms with Crippen molar-refractivity contribution in [2.24, 2.45) is 11.8 Å². The molecule has 2 amide bonds.